The third kappa shape index (κ3) is 3.91. The van der Waals surface area contributed by atoms with Crippen molar-refractivity contribution in [3.63, 3.8) is 0 Å². The van der Waals surface area contributed by atoms with E-state index in [1.165, 1.54) is 17.7 Å². The summed E-state index contributed by atoms with van der Waals surface area (Å²) < 4.78 is 0. The van der Waals surface area contributed by atoms with E-state index in [9.17, 15) is 10.1 Å². The van der Waals surface area contributed by atoms with Gasteiger partial charge in [0.2, 0.25) is 0 Å². The first-order valence-corrected chi connectivity index (χ1v) is 6.23. The number of benzene rings is 2. The molecule has 2 rings (SSSR count). The van der Waals surface area contributed by atoms with Crippen molar-refractivity contribution >= 4 is 17.1 Å². The van der Waals surface area contributed by atoms with Gasteiger partial charge < -0.3 is 0 Å². The van der Waals surface area contributed by atoms with Gasteiger partial charge in [0.15, 0.2) is 0 Å². The molecular weight excluding hydrogens is 254 g/mol. The Balaban J connectivity index is 1.96. The molecule has 0 bridgehead atoms. The Labute approximate surface area is 117 Å². The number of anilines is 1. The van der Waals surface area contributed by atoms with E-state index in [1.54, 1.807) is 12.1 Å². The zero-order valence-corrected chi connectivity index (χ0v) is 11.1. The average Bonchev–Trinajstić information content (AvgIpc) is 2.46. The van der Waals surface area contributed by atoms with E-state index in [2.05, 4.69) is 10.5 Å². The number of hydrazone groups is 1. The van der Waals surface area contributed by atoms with E-state index in [1.807, 2.05) is 37.3 Å². The van der Waals surface area contributed by atoms with Gasteiger partial charge in [-0.3, -0.25) is 15.5 Å². The minimum Gasteiger partial charge on any atom is -0.279 e. The Kier molecular flexibility index (Phi) is 4.44. The Morgan fingerprint density at radius 1 is 1.15 bits per heavy atom. The molecule has 0 aliphatic rings. The number of nitrogens with zero attached hydrogens (tertiary/aromatic N) is 2. The minimum atomic E-state index is -0.423. The fourth-order valence-corrected chi connectivity index (χ4v) is 1.75. The second-order valence-electron chi connectivity index (χ2n) is 4.43. The normalized spacial score (nSPS) is 11.2. The van der Waals surface area contributed by atoms with Crippen LogP contribution in [-0.4, -0.2) is 10.6 Å². The maximum atomic E-state index is 10.5. The first kappa shape index (κ1) is 13.7. The van der Waals surface area contributed by atoms with E-state index < -0.39 is 4.92 Å². The van der Waals surface area contributed by atoms with Crippen LogP contribution in [0.1, 0.15) is 12.5 Å². The van der Waals surface area contributed by atoms with Crippen molar-refractivity contribution in [1.82, 2.24) is 0 Å². The van der Waals surface area contributed by atoms with Gasteiger partial charge in [0.1, 0.15) is 0 Å². The predicted molar refractivity (Wildman–Crippen MR) is 80.0 cm³/mol. The van der Waals surface area contributed by atoms with Crippen LogP contribution in [0, 0.1) is 10.1 Å². The lowest BCUT2D eigenvalue weighted by molar-refractivity contribution is -0.384. The van der Waals surface area contributed by atoms with Gasteiger partial charge in [-0.25, -0.2) is 0 Å². The minimum absolute atomic E-state index is 0.0699. The average molecular weight is 269 g/mol. The first-order valence-electron chi connectivity index (χ1n) is 6.23. The molecule has 2 aromatic carbocycles. The molecule has 1 N–H and O–H groups in total. The molecule has 0 aliphatic heterocycles. The van der Waals surface area contributed by atoms with Crippen LogP contribution in [0.25, 0.3) is 0 Å². The first-order chi connectivity index (χ1) is 9.65. The van der Waals surface area contributed by atoms with Gasteiger partial charge in [-0.1, -0.05) is 30.3 Å². The van der Waals surface area contributed by atoms with E-state index in [0.717, 1.165) is 17.8 Å². The maximum Gasteiger partial charge on any atom is 0.269 e. The Morgan fingerprint density at radius 2 is 1.80 bits per heavy atom. The fourth-order valence-electron chi connectivity index (χ4n) is 1.75. The van der Waals surface area contributed by atoms with Crippen LogP contribution in [0.2, 0.25) is 0 Å². The van der Waals surface area contributed by atoms with Gasteiger partial charge >= 0.3 is 0 Å². The van der Waals surface area contributed by atoms with Crippen molar-refractivity contribution in [2.75, 3.05) is 5.43 Å². The standard InChI is InChI=1S/C15H15N3O2/c1-12(11-13-5-3-2-4-6-13)16-17-14-7-9-15(10-8-14)18(19)20/h2-10,17H,11H2,1H3/b16-12+. The summed E-state index contributed by atoms with van der Waals surface area (Å²) >= 11 is 0. The third-order valence-electron chi connectivity index (χ3n) is 2.76. The molecular formula is C15H15N3O2. The lowest BCUT2D eigenvalue weighted by Gasteiger charge is -2.03. The van der Waals surface area contributed by atoms with Crippen LogP contribution in [0.3, 0.4) is 0 Å². The number of non-ortho nitro benzene ring substituents is 1. The lowest BCUT2D eigenvalue weighted by atomic mass is 10.1. The van der Waals surface area contributed by atoms with Crippen molar-refractivity contribution in [2.45, 2.75) is 13.3 Å². The van der Waals surface area contributed by atoms with Gasteiger partial charge in [0.25, 0.3) is 5.69 Å². The molecule has 0 saturated heterocycles. The van der Waals surface area contributed by atoms with Crippen molar-refractivity contribution in [1.29, 1.82) is 0 Å². The Morgan fingerprint density at radius 3 is 2.40 bits per heavy atom. The summed E-state index contributed by atoms with van der Waals surface area (Å²) in [7, 11) is 0. The summed E-state index contributed by atoms with van der Waals surface area (Å²) in [6, 6.07) is 16.2. The molecule has 0 atom stereocenters. The van der Waals surface area contributed by atoms with Gasteiger partial charge in [-0.15, -0.1) is 0 Å². The fraction of sp³-hybridized carbons (Fsp3) is 0.133. The number of hydrogen-bond donors (Lipinski definition) is 1. The molecule has 5 nitrogen and oxygen atoms in total. The molecule has 5 heteroatoms. The molecule has 0 heterocycles. The zero-order valence-electron chi connectivity index (χ0n) is 11.1. The highest BCUT2D eigenvalue weighted by atomic mass is 16.6. The molecule has 0 aliphatic carbocycles. The van der Waals surface area contributed by atoms with E-state index in [4.69, 9.17) is 0 Å². The van der Waals surface area contributed by atoms with Crippen molar-refractivity contribution in [3.8, 4) is 0 Å². The summed E-state index contributed by atoms with van der Waals surface area (Å²) in [6.45, 7) is 1.94. The van der Waals surface area contributed by atoms with Crippen LogP contribution in [0.15, 0.2) is 59.7 Å². The van der Waals surface area contributed by atoms with Crippen LogP contribution in [0.4, 0.5) is 11.4 Å². The summed E-state index contributed by atoms with van der Waals surface area (Å²) in [5, 5.41) is 14.8. The van der Waals surface area contributed by atoms with Crippen LogP contribution >= 0.6 is 0 Å². The van der Waals surface area contributed by atoms with Gasteiger partial charge in [0, 0.05) is 24.3 Å². The number of hydrogen-bond acceptors (Lipinski definition) is 4. The van der Waals surface area contributed by atoms with Gasteiger partial charge in [-0.05, 0) is 24.6 Å². The van der Waals surface area contributed by atoms with Crippen molar-refractivity contribution in [3.05, 3.63) is 70.3 Å². The molecule has 0 radical (unpaired) electrons. The van der Waals surface area contributed by atoms with Gasteiger partial charge in [0.05, 0.1) is 10.6 Å². The SMILES string of the molecule is C/C(Cc1ccccc1)=N\Nc1ccc([N+](=O)[O-])cc1. The molecule has 0 amide bonds. The second kappa shape index (κ2) is 6.47. The Bertz CT molecular complexity index is 607. The highest BCUT2D eigenvalue weighted by Crippen LogP contribution is 2.15. The van der Waals surface area contributed by atoms with Crippen LogP contribution in [-0.2, 0) is 6.42 Å². The van der Waals surface area contributed by atoms with E-state index in [0.29, 0.717) is 0 Å². The smallest absolute Gasteiger partial charge is 0.269 e. The number of nitro groups is 1. The predicted octanol–water partition coefficient (Wildman–Crippen LogP) is 3.63. The Hall–Kier alpha value is -2.69. The topological polar surface area (TPSA) is 67.5 Å². The molecule has 0 unspecified atom stereocenters. The van der Waals surface area contributed by atoms with E-state index in [-0.39, 0.29) is 5.69 Å². The number of rotatable bonds is 5. The largest absolute Gasteiger partial charge is 0.279 e. The molecule has 0 saturated carbocycles. The molecule has 0 aromatic heterocycles. The maximum absolute atomic E-state index is 10.5. The highest BCUT2D eigenvalue weighted by molar-refractivity contribution is 5.84. The van der Waals surface area contributed by atoms with Crippen LogP contribution in [0.5, 0.6) is 0 Å². The summed E-state index contributed by atoms with van der Waals surface area (Å²) in [5.74, 6) is 0. The van der Waals surface area contributed by atoms with Crippen LogP contribution < -0.4 is 5.43 Å². The van der Waals surface area contributed by atoms with Crippen molar-refractivity contribution < 1.29 is 4.92 Å². The summed E-state index contributed by atoms with van der Waals surface area (Å²) in [5.41, 5.74) is 5.82. The molecule has 0 spiro atoms. The quantitative estimate of drug-likeness (QED) is 0.512. The number of nitro benzene ring substituents is 1. The lowest BCUT2D eigenvalue weighted by Crippen LogP contribution is -2.01. The van der Waals surface area contributed by atoms with Crippen molar-refractivity contribution in [2.24, 2.45) is 5.10 Å². The summed E-state index contributed by atoms with van der Waals surface area (Å²) in [6.07, 6.45) is 0.765. The molecule has 20 heavy (non-hydrogen) atoms. The van der Waals surface area contributed by atoms with E-state index >= 15 is 0 Å². The van der Waals surface area contributed by atoms with Gasteiger partial charge in [-0.2, -0.15) is 5.10 Å². The third-order valence-corrected chi connectivity index (χ3v) is 2.76. The second-order valence-corrected chi connectivity index (χ2v) is 4.43. The monoisotopic (exact) mass is 269 g/mol. The zero-order chi connectivity index (χ0) is 14.4. The number of nitrogens with one attached hydrogen (secondary N) is 1. The molecule has 0 fully saturated rings. The molecule has 102 valence electrons. The summed E-state index contributed by atoms with van der Waals surface area (Å²) in [4.78, 5) is 10.1. The highest BCUT2D eigenvalue weighted by Gasteiger charge is 2.03. The molecule has 2 aromatic rings.